The first-order chi connectivity index (χ1) is 6.33. The lowest BCUT2D eigenvalue weighted by molar-refractivity contribution is 0.441. The van der Waals surface area contributed by atoms with Gasteiger partial charge in [0.15, 0.2) is 11.6 Å². The summed E-state index contributed by atoms with van der Waals surface area (Å²) >= 11 is 0. The Bertz CT molecular complexity index is 301. The Labute approximate surface area is 76.4 Å². The van der Waals surface area contributed by atoms with Crippen molar-refractivity contribution in [3.05, 3.63) is 24.1 Å². The van der Waals surface area contributed by atoms with Crippen LogP contribution in [0, 0.1) is 5.82 Å². The van der Waals surface area contributed by atoms with E-state index in [0.717, 1.165) is 13.0 Å². The van der Waals surface area contributed by atoms with Crippen molar-refractivity contribution < 1.29 is 4.39 Å². The van der Waals surface area contributed by atoms with Gasteiger partial charge >= 0.3 is 0 Å². The largest absolute Gasteiger partial charge is 0.350 e. The molecule has 1 saturated heterocycles. The van der Waals surface area contributed by atoms with Gasteiger partial charge in [0.2, 0.25) is 0 Å². The van der Waals surface area contributed by atoms with E-state index in [1.165, 1.54) is 6.07 Å². The van der Waals surface area contributed by atoms with Gasteiger partial charge in [-0.25, -0.2) is 9.37 Å². The van der Waals surface area contributed by atoms with E-state index in [4.69, 9.17) is 5.73 Å². The number of aromatic nitrogens is 1. The lowest BCUT2D eigenvalue weighted by atomic mass is 10.0. The van der Waals surface area contributed by atoms with Crippen molar-refractivity contribution in [2.45, 2.75) is 12.5 Å². The molecule has 1 aliphatic rings. The molecule has 0 aliphatic carbocycles. The van der Waals surface area contributed by atoms with E-state index in [9.17, 15) is 4.39 Å². The first kappa shape index (κ1) is 8.44. The molecule has 0 aromatic carbocycles. The Hall–Kier alpha value is -1.16. The number of pyridine rings is 1. The molecule has 0 spiro atoms. The van der Waals surface area contributed by atoms with Crippen molar-refractivity contribution in [3.63, 3.8) is 0 Å². The molecule has 0 saturated carbocycles. The number of nitrogens with zero attached hydrogens (tertiary/aromatic N) is 2. The maximum Gasteiger partial charge on any atom is 0.165 e. The van der Waals surface area contributed by atoms with Gasteiger partial charge in [0.1, 0.15) is 0 Å². The molecule has 0 bridgehead atoms. The zero-order valence-electron chi connectivity index (χ0n) is 7.28. The van der Waals surface area contributed by atoms with E-state index in [1.807, 2.05) is 4.90 Å². The van der Waals surface area contributed by atoms with Gasteiger partial charge in [-0.2, -0.15) is 0 Å². The van der Waals surface area contributed by atoms with Crippen LogP contribution in [0.3, 0.4) is 0 Å². The van der Waals surface area contributed by atoms with Gasteiger partial charge in [-0.1, -0.05) is 0 Å². The lowest BCUT2D eigenvalue weighted by Gasteiger charge is -2.41. The molecular formula is C9H12FN3. The Morgan fingerprint density at radius 2 is 2.54 bits per heavy atom. The highest BCUT2D eigenvalue weighted by atomic mass is 19.1. The Morgan fingerprint density at radius 1 is 1.69 bits per heavy atom. The summed E-state index contributed by atoms with van der Waals surface area (Å²) in [7, 11) is 0. The van der Waals surface area contributed by atoms with E-state index < -0.39 is 0 Å². The summed E-state index contributed by atoms with van der Waals surface area (Å²) in [6.07, 6.45) is 2.64. The van der Waals surface area contributed by atoms with Gasteiger partial charge in [-0.05, 0) is 18.6 Å². The van der Waals surface area contributed by atoms with Crippen LogP contribution in [0.1, 0.15) is 6.42 Å². The third-order valence-corrected chi connectivity index (χ3v) is 2.43. The third kappa shape index (κ3) is 1.37. The standard InChI is InChI=1S/C9H12FN3/c10-8-2-1-4-12-9(8)13-5-3-7(13)6-11/h1-2,4,7H,3,5-6,11H2. The predicted molar refractivity (Wildman–Crippen MR) is 49.0 cm³/mol. The van der Waals surface area contributed by atoms with Crippen molar-refractivity contribution in [1.29, 1.82) is 0 Å². The topological polar surface area (TPSA) is 42.1 Å². The van der Waals surface area contributed by atoms with E-state index in [-0.39, 0.29) is 11.9 Å². The fourth-order valence-corrected chi connectivity index (χ4v) is 1.55. The summed E-state index contributed by atoms with van der Waals surface area (Å²) in [6, 6.07) is 3.29. The molecule has 1 aromatic heterocycles. The van der Waals surface area contributed by atoms with Crippen LogP contribution in [-0.2, 0) is 0 Å². The van der Waals surface area contributed by atoms with Crippen molar-refractivity contribution in [2.24, 2.45) is 5.73 Å². The highest BCUT2D eigenvalue weighted by molar-refractivity contribution is 5.43. The molecule has 2 heterocycles. The molecule has 4 heteroatoms. The molecule has 13 heavy (non-hydrogen) atoms. The van der Waals surface area contributed by atoms with E-state index in [0.29, 0.717) is 12.4 Å². The number of anilines is 1. The Morgan fingerprint density at radius 3 is 3.08 bits per heavy atom. The van der Waals surface area contributed by atoms with Crippen LogP contribution in [0.15, 0.2) is 18.3 Å². The number of halogens is 1. The van der Waals surface area contributed by atoms with Gasteiger partial charge in [0.25, 0.3) is 0 Å². The van der Waals surface area contributed by atoms with Gasteiger partial charge in [0, 0.05) is 25.3 Å². The Balaban J connectivity index is 2.21. The predicted octanol–water partition coefficient (Wildman–Crippen LogP) is 0.758. The van der Waals surface area contributed by atoms with Gasteiger partial charge in [-0.3, -0.25) is 0 Å². The van der Waals surface area contributed by atoms with Gasteiger partial charge in [0.05, 0.1) is 0 Å². The fourth-order valence-electron chi connectivity index (χ4n) is 1.55. The fraction of sp³-hybridized carbons (Fsp3) is 0.444. The maximum absolute atomic E-state index is 13.2. The minimum atomic E-state index is -0.263. The number of rotatable bonds is 2. The minimum Gasteiger partial charge on any atom is -0.350 e. The molecule has 0 amide bonds. The van der Waals surface area contributed by atoms with Crippen LogP contribution in [0.2, 0.25) is 0 Å². The summed E-state index contributed by atoms with van der Waals surface area (Å²) in [4.78, 5) is 5.91. The van der Waals surface area contributed by atoms with Crippen LogP contribution in [0.25, 0.3) is 0 Å². The van der Waals surface area contributed by atoms with Crippen molar-refractivity contribution >= 4 is 5.82 Å². The monoisotopic (exact) mass is 181 g/mol. The lowest BCUT2D eigenvalue weighted by Crippen LogP contribution is -2.52. The smallest absolute Gasteiger partial charge is 0.165 e. The van der Waals surface area contributed by atoms with Gasteiger partial charge in [-0.15, -0.1) is 0 Å². The van der Waals surface area contributed by atoms with Crippen LogP contribution in [-0.4, -0.2) is 24.1 Å². The SMILES string of the molecule is NCC1CCN1c1ncccc1F. The minimum absolute atomic E-state index is 0.263. The molecule has 1 atom stereocenters. The molecule has 3 nitrogen and oxygen atoms in total. The van der Waals surface area contributed by atoms with E-state index in [1.54, 1.807) is 12.3 Å². The molecular weight excluding hydrogens is 169 g/mol. The first-order valence-electron chi connectivity index (χ1n) is 4.40. The number of hydrogen-bond acceptors (Lipinski definition) is 3. The number of nitrogens with two attached hydrogens (primary N) is 1. The normalized spacial score (nSPS) is 21.4. The van der Waals surface area contributed by atoms with Crippen LogP contribution >= 0.6 is 0 Å². The summed E-state index contributed by atoms with van der Waals surface area (Å²) in [5.41, 5.74) is 5.52. The second kappa shape index (κ2) is 3.30. The molecule has 0 radical (unpaired) electrons. The zero-order valence-corrected chi connectivity index (χ0v) is 7.28. The molecule has 1 fully saturated rings. The van der Waals surface area contributed by atoms with Crippen LogP contribution in [0.4, 0.5) is 10.2 Å². The summed E-state index contributed by atoms with van der Waals surface area (Å²) in [6.45, 7) is 1.42. The summed E-state index contributed by atoms with van der Waals surface area (Å²) < 4.78 is 13.2. The average Bonchev–Trinajstić information content (AvgIpc) is 2.08. The van der Waals surface area contributed by atoms with Crippen molar-refractivity contribution in [1.82, 2.24) is 4.98 Å². The molecule has 2 N–H and O–H groups in total. The third-order valence-electron chi connectivity index (χ3n) is 2.43. The highest BCUT2D eigenvalue weighted by Gasteiger charge is 2.29. The second-order valence-corrected chi connectivity index (χ2v) is 3.18. The molecule has 2 rings (SSSR count). The van der Waals surface area contributed by atoms with Crippen molar-refractivity contribution in [2.75, 3.05) is 18.0 Å². The van der Waals surface area contributed by atoms with E-state index in [2.05, 4.69) is 4.98 Å². The molecule has 1 unspecified atom stereocenters. The van der Waals surface area contributed by atoms with Crippen molar-refractivity contribution in [3.8, 4) is 0 Å². The second-order valence-electron chi connectivity index (χ2n) is 3.18. The van der Waals surface area contributed by atoms with Gasteiger partial charge < -0.3 is 10.6 Å². The summed E-state index contributed by atoms with van der Waals surface area (Å²) in [5, 5.41) is 0. The first-order valence-corrected chi connectivity index (χ1v) is 4.40. The average molecular weight is 181 g/mol. The quantitative estimate of drug-likeness (QED) is 0.732. The van der Waals surface area contributed by atoms with E-state index >= 15 is 0 Å². The molecule has 1 aliphatic heterocycles. The molecule has 1 aromatic rings. The van der Waals surface area contributed by atoms with Crippen LogP contribution < -0.4 is 10.6 Å². The molecule has 70 valence electrons. The number of hydrogen-bond donors (Lipinski definition) is 1. The summed E-state index contributed by atoms with van der Waals surface area (Å²) in [5.74, 6) is 0.171. The maximum atomic E-state index is 13.2. The Kier molecular flexibility index (Phi) is 2.14. The highest BCUT2D eigenvalue weighted by Crippen LogP contribution is 2.25. The zero-order chi connectivity index (χ0) is 9.26. The van der Waals surface area contributed by atoms with Crippen LogP contribution in [0.5, 0.6) is 0 Å².